The Balaban J connectivity index is 1.37. The second-order valence-corrected chi connectivity index (χ2v) is 6.77. The van der Waals surface area contributed by atoms with E-state index in [-0.39, 0.29) is 12.5 Å². The normalized spacial score (nSPS) is 13.8. The Morgan fingerprint density at radius 3 is 2.64 bits per heavy atom. The van der Waals surface area contributed by atoms with Crippen molar-refractivity contribution in [3.63, 3.8) is 0 Å². The average molecular weight is 375 g/mol. The molecule has 0 fully saturated rings. The molecule has 3 aromatic rings. The zero-order valence-electron chi connectivity index (χ0n) is 15.6. The van der Waals surface area contributed by atoms with E-state index in [1.54, 1.807) is 11.8 Å². The van der Waals surface area contributed by atoms with Gasteiger partial charge in [0.25, 0.3) is 5.91 Å². The summed E-state index contributed by atoms with van der Waals surface area (Å²) in [7, 11) is 0. The number of carbonyl (C=O) groups excluding carboxylic acids is 2. The monoisotopic (exact) mass is 375 g/mol. The maximum atomic E-state index is 12.7. The molecule has 1 aliphatic rings. The molecule has 1 heterocycles. The number of benzene rings is 3. The maximum Gasteiger partial charge on any atom is 0.344 e. The number of hydrogen-bond acceptors (Lipinski definition) is 4. The summed E-state index contributed by atoms with van der Waals surface area (Å²) in [5, 5.41) is 1.96. The minimum absolute atomic E-state index is 0.219. The highest BCUT2D eigenvalue weighted by Crippen LogP contribution is 2.28. The van der Waals surface area contributed by atoms with Crippen LogP contribution in [-0.4, -0.2) is 31.1 Å². The summed E-state index contributed by atoms with van der Waals surface area (Å²) in [5.74, 6) is -0.174. The SMILES string of the molecule is CC(OC(=O)COc1cccc2ccccc12)C(=O)N1CCc2ccccc21. The van der Waals surface area contributed by atoms with Crippen LogP contribution < -0.4 is 9.64 Å². The third-order valence-corrected chi connectivity index (χ3v) is 4.90. The molecule has 3 aromatic carbocycles. The Morgan fingerprint density at radius 1 is 1.00 bits per heavy atom. The highest BCUT2D eigenvalue weighted by molar-refractivity contribution is 5.99. The molecule has 1 aliphatic heterocycles. The van der Waals surface area contributed by atoms with Gasteiger partial charge in [0.05, 0.1) is 0 Å². The van der Waals surface area contributed by atoms with Gasteiger partial charge in [-0.1, -0.05) is 54.6 Å². The number of amides is 1. The quantitative estimate of drug-likeness (QED) is 0.638. The van der Waals surface area contributed by atoms with Crippen molar-refractivity contribution < 1.29 is 19.1 Å². The fourth-order valence-electron chi connectivity index (χ4n) is 3.53. The minimum Gasteiger partial charge on any atom is -0.481 e. The van der Waals surface area contributed by atoms with E-state index in [0.717, 1.165) is 28.4 Å². The molecule has 0 aromatic heterocycles. The molecule has 0 bridgehead atoms. The molecule has 1 atom stereocenters. The number of para-hydroxylation sites is 1. The molecule has 0 N–H and O–H groups in total. The molecule has 5 heteroatoms. The van der Waals surface area contributed by atoms with Gasteiger partial charge in [-0.3, -0.25) is 4.79 Å². The fourth-order valence-corrected chi connectivity index (χ4v) is 3.53. The van der Waals surface area contributed by atoms with Gasteiger partial charge in [0.15, 0.2) is 12.7 Å². The van der Waals surface area contributed by atoms with Crippen LogP contribution in [0.25, 0.3) is 10.8 Å². The van der Waals surface area contributed by atoms with E-state index in [1.165, 1.54) is 0 Å². The second kappa shape index (κ2) is 7.72. The van der Waals surface area contributed by atoms with Gasteiger partial charge in [-0.05, 0) is 36.4 Å². The van der Waals surface area contributed by atoms with Gasteiger partial charge < -0.3 is 14.4 Å². The lowest BCUT2D eigenvalue weighted by Crippen LogP contribution is -2.39. The Labute approximate surface area is 163 Å². The molecule has 0 spiro atoms. The molecule has 0 radical (unpaired) electrons. The van der Waals surface area contributed by atoms with Crippen molar-refractivity contribution in [3.8, 4) is 5.75 Å². The fraction of sp³-hybridized carbons (Fsp3) is 0.217. The summed E-state index contributed by atoms with van der Waals surface area (Å²) in [6.07, 6.45) is -0.0537. The lowest BCUT2D eigenvalue weighted by atomic mass is 10.1. The second-order valence-electron chi connectivity index (χ2n) is 6.77. The zero-order valence-corrected chi connectivity index (χ0v) is 15.6. The summed E-state index contributed by atoms with van der Waals surface area (Å²) in [6.45, 7) is 1.95. The molecule has 0 aliphatic carbocycles. The predicted molar refractivity (Wildman–Crippen MR) is 107 cm³/mol. The van der Waals surface area contributed by atoms with Gasteiger partial charge >= 0.3 is 5.97 Å². The number of fused-ring (bicyclic) bond motifs is 2. The van der Waals surface area contributed by atoms with Crippen molar-refractivity contribution in [1.82, 2.24) is 0 Å². The van der Waals surface area contributed by atoms with Crippen LogP contribution in [0.15, 0.2) is 66.7 Å². The third kappa shape index (κ3) is 3.56. The predicted octanol–water partition coefficient (Wildman–Crippen LogP) is 3.74. The summed E-state index contributed by atoms with van der Waals surface area (Å²) in [6, 6.07) is 21.2. The molecule has 4 rings (SSSR count). The first-order valence-corrected chi connectivity index (χ1v) is 9.33. The number of nitrogens with zero attached hydrogens (tertiary/aromatic N) is 1. The Hall–Kier alpha value is -3.34. The molecule has 1 amide bonds. The van der Waals surface area contributed by atoms with Crippen LogP contribution >= 0.6 is 0 Å². The van der Waals surface area contributed by atoms with Gasteiger partial charge in [0, 0.05) is 17.6 Å². The number of esters is 1. The van der Waals surface area contributed by atoms with E-state index in [1.807, 2.05) is 66.7 Å². The van der Waals surface area contributed by atoms with Crippen molar-refractivity contribution in [2.75, 3.05) is 18.1 Å². The summed E-state index contributed by atoms with van der Waals surface area (Å²) in [5.41, 5.74) is 2.02. The lowest BCUT2D eigenvalue weighted by Gasteiger charge is -2.21. The van der Waals surface area contributed by atoms with Crippen LogP contribution in [-0.2, 0) is 20.7 Å². The number of ether oxygens (including phenoxy) is 2. The largest absolute Gasteiger partial charge is 0.481 e. The minimum atomic E-state index is -0.866. The molecular formula is C23H21NO4. The molecular weight excluding hydrogens is 354 g/mol. The van der Waals surface area contributed by atoms with E-state index in [2.05, 4.69) is 0 Å². The van der Waals surface area contributed by atoms with Crippen molar-refractivity contribution >= 4 is 28.3 Å². The first-order valence-electron chi connectivity index (χ1n) is 9.33. The number of hydrogen-bond donors (Lipinski definition) is 0. The summed E-state index contributed by atoms with van der Waals surface area (Å²) < 4.78 is 11.0. The highest BCUT2D eigenvalue weighted by Gasteiger charge is 2.29. The van der Waals surface area contributed by atoms with E-state index in [4.69, 9.17) is 9.47 Å². The molecule has 28 heavy (non-hydrogen) atoms. The van der Waals surface area contributed by atoms with Gasteiger partial charge in [-0.25, -0.2) is 4.79 Å². The van der Waals surface area contributed by atoms with Crippen LogP contribution in [0.4, 0.5) is 5.69 Å². The molecule has 142 valence electrons. The van der Waals surface area contributed by atoms with E-state index in [9.17, 15) is 9.59 Å². The van der Waals surface area contributed by atoms with Gasteiger partial charge in [0.1, 0.15) is 5.75 Å². The zero-order chi connectivity index (χ0) is 19.5. The molecule has 5 nitrogen and oxygen atoms in total. The van der Waals surface area contributed by atoms with E-state index >= 15 is 0 Å². The van der Waals surface area contributed by atoms with Crippen molar-refractivity contribution in [3.05, 3.63) is 72.3 Å². The average Bonchev–Trinajstić information content (AvgIpc) is 3.15. The van der Waals surface area contributed by atoms with Gasteiger partial charge in [-0.15, -0.1) is 0 Å². The Bertz CT molecular complexity index is 1020. The number of rotatable bonds is 5. The smallest absolute Gasteiger partial charge is 0.344 e. The Morgan fingerprint density at radius 2 is 1.75 bits per heavy atom. The van der Waals surface area contributed by atoms with Crippen LogP contribution in [0, 0.1) is 0 Å². The van der Waals surface area contributed by atoms with Crippen molar-refractivity contribution in [2.45, 2.75) is 19.4 Å². The standard InChI is InChI=1S/C23H21NO4/c1-16(23(26)24-14-13-18-8-3-5-11-20(18)24)28-22(25)15-27-21-12-6-9-17-7-2-4-10-19(17)21/h2-12,16H,13-15H2,1H3. The lowest BCUT2D eigenvalue weighted by molar-refractivity contribution is -0.155. The van der Waals surface area contributed by atoms with E-state index in [0.29, 0.717) is 12.3 Å². The summed E-state index contributed by atoms with van der Waals surface area (Å²) >= 11 is 0. The first-order chi connectivity index (χ1) is 13.6. The van der Waals surface area contributed by atoms with Crippen molar-refractivity contribution in [1.29, 1.82) is 0 Å². The highest BCUT2D eigenvalue weighted by atomic mass is 16.6. The number of anilines is 1. The van der Waals surface area contributed by atoms with Crippen LogP contribution in [0.2, 0.25) is 0 Å². The van der Waals surface area contributed by atoms with Crippen LogP contribution in [0.5, 0.6) is 5.75 Å². The number of carbonyl (C=O) groups is 2. The van der Waals surface area contributed by atoms with E-state index < -0.39 is 12.1 Å². The van der Waals surface area contributed by atoms with Crippen molar-refractivity contribution in [2.24, 2.45) is 0 Å². The van der Waals surface area contributed by atoms with Gasteiger partial charge in [-0.2, -0.15) is 0 Å². The molecule has 0 saturated carbocycles. The maximum absolute atomic E-state index is 12.7. The summed E-state index contributed by atoms with van der Waals surface area (Å²) in [4.78, 5) is 26.6. The van der Waals surface area contributed by atoms with Crippen LogP contribution in [0.1, 0.15) is 12.5 Å². The van der Waals surface area contributed by atoms with Crippen LogP contribution in [0.3, 0.4) is 0 Å². The molecule has 0 saturated heterocycles. The molecule has 1 unspecified atom stereocenters. The Kier molecular flexibility index (Phi) is 4.98. The van der Waals surface area contributed by atoms with Gasteiger partial charge in [0.2, 0.25) is 0 Å². The third-order valence-electron chi connectivity index (χ3n) is 4.90. The topological polar surface area (TPSA) is 55.8 Å². The first kappa shape index (κ1) is 18.0.